The Hall–Kier alpha value is -1.56. The zero-order chi connectivity index (χ0) is 14.5. The molecule has 6 heteroatoms. The van der Waals surface area contributed by atoms with E-state index in [0.29, 0.717) is 5.02 Å². The molecule has 1 aromatic heterocycles. The van der Waals surface area contributed by atoms with Crippen molar-refractivity contribution in [2.24, 2.45) is 5.84 Å². The number of hydrogen-bond donors (Lipinski definition) is 2. The molecule has 0 radical (unpaired) electrons. The minimum Gasteiger partial charge on any atom is -0.497 e. The average molecular weight is 295 g/mol. The normalized spacial score (nSPS) is 12.4. The summed E-state index contributed by atoms with van der Waals surface area (Å²) in [6.45, 7) is 2.77. The van der Waals surface area contributed by atoms with Crippen LogP contribution < -0.4 is 16.0 Å². The highest BCUT2D eigenvalue weighted by Crippen LogP contribution is 2.25. The number of nitrogens with one attached hydrogen (secondary N) is 1. The second-order valence-electron chi connectivity index (χ2n) is 4.46. The summed E-state index contributed by atoms with van der Waals surface area (Å²) in [5.41, 5.74) is 4.88. The van der Waals surface area contributed by atoms with Crippen LogP contribution in [0.15, 0.2) is 30.5 Å². The third-order valence-electron chi connectivity index (χ3n) is 3.26. The van der Waals surface area contributed by atoms with Gasteiger partial charge in [-0.25, -0.2) is 0 Å². The van der Waals surface area contributed by atoms with Crippen LogP contribution in [0.5, 0.6) is 5.75 Å². The SMILES string of the molecule is CCn1ncc(Cl)c1C(Cc1ccc(OC)cc1)NN. The molecule has 0 spiro atoms. The monoisotopic (exact) mass is 294 g/mol. The van der Waals surface area contributed by atoms with Gasteiger partial charge in [0.2, 0.25) is 0 Å². The first-order valence-electron chi connectivity index (χ1n) is 6.49. The molecular formula is C14H19ClN4O. The van der Waals surface area contributed by atoms with Crippen LogP contribution in [0.3, 0.4) is 0 Å². The highest BCUT2D eigenvalue weighted by atomic mass is 35.5. The molecule has 0 saturated carbocycles. The number of aromatic nitrogens is 2. The highest BCUT2D eigenvalue weighted by Gasteiger charge is 2.19. The molecule has 108 valence electrons. The fourth-order valence-electron chi connectivity index (χ4n) is 2.20. The van der Waals surface area contributed by atoms with Gasteiger partial charge in [0.15, 0.2) is 0 Å². The van der Waals surface area contributed by atoms with Crippen molar-refractivity contribution in [3.63, 3.8) is 0 Å². The van der Waals surface area contributed by atoms with Gasteiger partial charge >= 0.3 is 0 Å². The molecule has 0 aliphatic rings. The van der Waals surface area contributed by atoms with Gasteiger partial charge in [0, 0.05) is 6.54 Å². The zero-order valence-electron chi connectivity index (χ0n) is 11.6. The van der Waals surface area contributed by atoms with Crippen LogP contribution in [0.4, 0.5) is 0 Å². The van der Waals surface area contributed by atoms with Crippen LogP contribution in [0, 0.1) is 0 Å². The van der Waals surface area contributed by atoms with Crippen LogP contribution in [-0.4, -0.2) is 16.9 Å². The molecule has 0 bridgehead atoms. The summed E-state index contributed by atoms with van der Waals surface area (Å²) in [7, 11) is 1.65. The van der Waals surface area contributed by atoms with E-state index in [0.717, 1.165) is 30.0 Å². The summed E-state index contributed by atoms with van der Waals surface area (Å²) < 4.78 is 7.01. The van der Waals surface area contributed by atoms with Gasteiger partial charge in [-0.15, -0.1) is 0 Å². The molecule has 1 unspecified atom stereocenters. The minimum absolute atomic E-state index is 0.0849. The molecule has 5 nitrogen and oxygen atoms in total. The van der Waals surface area contributed by atoms with Crippen molar-refractivity contribution in [3.8, 4) is 5.75 Å². The number of aryl methyl sites for hydroxylation is 1. The van der Waals surface area contributed by atoms with Crippen LogP contribution in [0.1, 0.15) is 24.2 Å². The smallest absolute Gasteiger partial charge is 0.118 e. The quantitative estimate of drug-likeness (QED) is 0.634. The molecule has 2 aromatic rings. The number of hydrogen-bond acceptors (Lipinski definition) is 4. The average Bonchev–Trinajstić information content (AvgIpc) is 2.86. The lowest BCUT2D eigenvalue weighted by molar-refractivity contribution is 0.414. The predicted octanol–water partition coefficient (Wildman–Crippen LogP) is 2.31. The van der Waals surface area contributed by atoms with E-state index in [1.54, 1.807) is 13.3 Å². The van der Waals surface area contributed by atoms with Crippen molar-refractivity contribution in [1.82, 2.24) is 15.2 Å². The Balaban J connectivity index is 2.21. The van der Waals surface area contributed by atoms with Crippen LogP contribution >= 0.6 is 11.6 Å². The van der Waals surface area contributed by atoms with Crippen molar-refractivity contribution in [2.45, 2.75) is 25.9 Å². The van der Waals surface area contributed by atoms with E-state index in [4.69, 9.17) is 22.2 Å². The molecule has 0 aliphatic heterocycles. The summed E-state index contributed by atoms with van der Waals surface area (Å²) in [5.74, 6) is 6.52. The summed E-state index contributed by atoms with van der Waals surface area (Å²) in [6.07, 6.45) is 2.38. The topological polar surface area (TPSA) is 65.1 Å². The van der Waals surface area contributed by atoms with Gasteiger partial charge in [-0.2, -0.15) is 5.10 Å². The first-order valence-corrected chi connectivity index (χ1v) is 6.87. The van der Waals surface area contributed by atoms with E-state index in [-0.39, 0.29) is 6.04 Å². The standard InChI is InChI=1S/C14H19ClN4O/c1-3-19-14(12(15)9-17-19)13(18-16)8-10-4-6-11(20-2)7-5-10/h4-7,9,13,18H,3,8,16H2,1-2H3. The Morgan fingerprint density at radius 1 is 1.40 bits per heavy atom. The van der Waals surface area contributed by atoms with Crippen molar-refractivity contribution in [2.75, 3.05) is 7.11 Å². The maximum atomic E-state index is 6.21. The molecule has 0 amide bonds. The maximum absolute atomic E-state index is 6.21. The van der Waals surface area contributed by atoms with Crippen LogP contribution in [0.2, 0.25) is 5.02 Å². The lowest BCUT2D eigenvalue weighted by Crippen LogP contribution is -2.31. The third kappa shape index (κ3) is 3.12. The minimum atomic E-state index is -0.0849. The van der Waals surface area contributed by atoms with Crippen LogP contribution in [-0.2, 0) is 13.0 Å². The molecule has 0 saturated heterocycles. The van der Waals surface area contributed by atoms with E-state index in [1.165, 1.54) is 0 Å². The molecule has 20 heavy (non-hydrogen) atoms. The molecule has 0 aliphatic carbocycles. The van der Waals surface area contributed by atoms with Crippen LogP contribution in [0.25, 0.3) is 0 Å². The molecule has 0 fully saturated rings. The molecule has 2 rings (SSSR count). The van der Waals surface area contributed by atoms with Crippen molar-refractivity contribution in [3.05, 3.63) is 46.7 Å². The summed E-state index contributed by atoms with van der Waals surface area (Å²) in [6, 6.07) is 7.81. The Labute approximate surface area is 123 Å². The second kappa shape index (κ2) is 6.74. The summed E-state index contributed by atoms with van der Waals surface area (Å²) >= 11 is 6.21. The second-order valence-corrected chi connectivity index (χ2v) is 4.87. The fourth-order valence-corrected chi connectivity index (χ4v) is 2.48. The van der Waals surface area contributed by atoms with Crippen molar-refractivity contribution < 1.29 is 4.74 Å². The van der Waals surface area contributed by atoms with Gasteiger partial charge < -0.3 is 4.74 Å². The number of rotatable bonds is 6. The lowest BCUT2D eigenvalue weighted by Gasteiger charge is -2.18. The van der Waals surface area contributed by atoms with E-state index in [9.17, 15) is 0 Å². The van der Waals surface area contributed by atoms with Gasteiger partial charge in [-0.05, 0) is 31.0 Å². The Morgan fingerprint density at radius 3 is 2.65 bits per heavy atom. The molecular weight excluding hydrogens is 276 g/mol. The summed E-state index contributed by atoms with van der Waals surface area (Å²) in [4.78, 5) is 0. The number of halogens is 1. The Morgan fingerprint density at radius 2 is 2.10 bits per heavy atom. The first-order chi connectivity index (χ1) is 9.69. The molecule has 3 N–H and O–H groups in total. The highest BCUT2D eigenvalue weighted by molar-refractivity contribution is 6.31. The number of nitrogens with zero attached hydrogens (tertiary/aromatic N) is 2. The van der Waals surface area contributed by atoms with Gasteiger partial charge in [0.1, 0.15) is 5.75 Å². The molecule has 1 aromatic carbocycles. The fraction of sp³-hybridized carbons (Fsp3) is 0.357. The Kier molecular flexibility index (Phi) is 5.00. The van der Waals surface area contributed by atoms with E-state index in [2.05, 4.69) is 10.5 Å². The van der Waals surface area contributed by atoms with E-state index in [1.807, 2.05) is 35.9 Å². The van der Waals surface area contributed by atoms with E-state index < -0.39 is 0 Å². The van der Waals surface area contributed by atoms with Crippen molar-refractivity contribution >= 4 is 11.6 Å². The summed E-state index contributed by atoms with van der Waals surface area (Å²) in [5, 5.41) is 4.87. The maximum Gasteiger partial charge on any atom is 0.118 e. The van der Waals surface area contributed by atoms with Gasteiger partial charge in [-0.3, -0.25) is 16.0 Å². The molecule has 1 heterocycles. The lowest BCUT2D eigenvalue weighted by atomic mass is 10.0. The zero-order valence-corrected chi connectivity index (χ0v) is 12.4. The predicted molar refractivity (Wildman–Crippen MR) is 79.7 cm³/mol. The number of benzene rings is 1. The van der Waals surface area contributed by atoms with Gasteiger partial charge in [-0.1, -0.05) is 23.7 Å². The van der Waals surface area contributed by atoms with Crippen molar-refractivity contribution in [1.29, 1.82) is 0 Å². The number of hydrazine groups is 1. The van der Waals surface area contributed by atoms with Gasteiger partial charge in [0.25, 0.3) is 0 Å². The first kappa shape index (κ1) is 14.8. The van der Waals surface area contributed by atoms with E-state index >= 15 is 0 Å². The largest absolute Gasteiger partial charge is 0.497 e. The Bertz CT molecular complexity index is 553. The number of ether oxygens (including phenoxy) is 1. The number of nitrogens with two attached hydrogens (primary N) is 1. The molecule has 1 atom stereocenters. The third-order valence-corrected chi connectivity index (χ3v) is 3.55. The number of methoxy groups -OCH3 is 1. The van der Waals surface area contributed by atoms with Gasteiger partial charge in [0.05, 0.1) is 30.1 Å².